The molecule has 5 nitrogen and oxygen atoms in total. The van der Waals surface area contributed by atoms with Gasteiger partial charge < -0.3 is 18.9 Å². The van der Waals surface area contributed by atoms with Gasteiger partial charge in [-0.1, -0.05) is 30.3 Å². The fraction of sp³-hybridized carbons (Fsp3) is 0.450. The molecule has 0 radical (unpaired) electrons. The van der Waals surface area contributed by atoms with E-state index in [2.05, 4.69) is 24.3 Å². The molecule has 3 heterocycles. The Morgan fingerprint density at radius 2 is 2.04 bits per heavy atom. The number of hydrogen-bond donors (Lipinski definition) is 0. The third-order valence-electron chi connectivity index (χ3n) is 5.60. The van der Waals surface area contributed by atoms with Crippen molar-refractivity contribution in [3.05, 3.63) is 59.9 Å². The van der Waals surface area contributed by atoms with Gasteiger partial charge in [-0.25, -0.2) is 0 Å². The van der Waals surface area contributed by atoms with Crippen molar-refractivity contribution < 1.29 is 14.3 Å². The Morgan fingerprint density at radius 1 is 1.24 bits per heavy atom. The minimum Gasteiger partial charge on any atom is -0.377 e. The maximum absolute atomic E-state index is 12.9. The van der Waals surface area contributed by atoms with Gasteiger partial charge in [-0.3, -0.25) is 4.79 Å². The van der Waals surface area contributed by atoms with Gasteiger partial charge in [0.25, 0.3) is 5.91 Å². The van der Waals surface area contributed by atoms with Crippen LogP contribution in [0, 0.1) is 0 Å². The van der Waals surface area contributed by atoms with Crippen LogP contribution in [-0.2, 0) is 16.5 Å². The second-order valence-electron chi connectivity index (χ2n) is 7.10. The zero-order valence-corrected chi connectivity index (χ0v) is 14.7. The van der Waals surface area contributed by atoms with Crippen molar-refractivity contribution in [1.29, 1.82) is 0 Å². The third kappa shape index (κ3) is 2.77. The highest BCUT2D eigenvalue weighted by Gasteiger charge is 2.54. The number of aryl methyl sites for hydroxylation is 1. The molecule has 0 N–H and O–H groups in total. The molecule has 0 unspecified atom stereocenters. The number of benzene rings is 1. The summed E-state index contributed by atoms with van der Waals surface area (Å²) in [4.78, 5) is 14.7. The molecule has 1 amide bonds. The van der Waals surface area contributed by atoms with Crippen LogP contribution in [0.4, 0.5) is 0 Å². The summed E-state index contributed by atoms with van der Waals surface area (Å²) in [5, 5.41) is 0. The lowest BCUT2D eigenvalue weighted by Crippen LogP contribution is -2.42. The first-order chi connectivity index (χ1) is 12.1. The van der Waals surface area contributed by atoms with E-state index in [1.165, 1.54) is 5.56 Å². The van der Waals surface area contributed by atoms with E-state index in [1.807, 2.05) is 40.9 Å². The van der Waals surface area contributed by atoms with Gasteiger partial charge in [0.2, 0.25) is 0 Å². The molecule has 2 aliphatic rings. The van der Waals surface area contributed by atoms with Crippen molar-refractivity contribution >= 4 is 5.91 Å². The molecule has 1 aromatic heterocycles. The van der Waals surface area contributed by atoms with Gasteiger partial charge >= 0.3 is 0 Å². The van der Waals surface area contributed by atoms with Crippen LogP contribution in [0.3, 0.4) is 0 Å². The summed E-state index contributed by atoms with van der Waals surface area (Å²) in [5.74, 6) is 0.391. The van der Waals surface area contributed by atoms with Crippen LogP contribution in [0.2, 0.25) is 0 Å². The molecule has 2 aromatic rings. The Morgan fingerprint density at radius 3 is 2.72 bits per heavy atom. The van der Waals surface area contributed by atoms with Crippen molar-refractivity contribution in [3.63, 3.8) is 0 Å². The lowest BCUT2D eigenvalue weighted by Gasteiger charge is -2.28. The second-order valence-corrected chi connectivity index (χ2v) is 7.10. The lowest BCUT2D eigenvalue weighted by atomic mass is 9.87. The summed E-state index contributed by atoms with van der Waals surface area (Å²) in [6.45, 7) is 1.83. The van der Waals surface area contributed by atoms with Crippen LogP contribution < -0.4 is 0 Å². The average Bonchev–Trinajstić information content (AvgIpc) is 3.35. The number of methoxy groups -OCH3 is 1. The largest absolute Gasteiger partial charge is 0.377 e. The SMILES string of the molecule is CO[C@@H]1CN(C(=O)c2cccn2C)C[C@]12C[C@@H](c1ccccc1)CO2. The Kier molecular flexibility index (Phi) is 4.13. The van der Waals surface area contributed by atoms with Crippen LogP contribution in [0.15, 0.2) is 48.7 Å². The molecule has 2 saturated heterocycles. The van der Waals surface area contributed by atoms with Gasteiger partial charge in [-0.15, -0.1) is 0 Å². The summed E-state index contributed by atoms with van der Waals surface area (Å²) in [7, 11) is 3.60. The highest BCUT2D eigenvalue weighted by atomic mass is 16.6. The number of carbonyl (C=O) groups is 1. The molecule has 0 aliphatic carbocycles. The van der Waals surface area contributed by atoms with Gasteiger partial charge in [0.05, 0.1) is 19.7 Å². The first-order valence-corrected chi connectivity index (χ1v) is 8.75. The fourth-order valence-corrected chi connectivity index (χ4v) is 4.22. The van der Waals surface area contributed by atoms with E-state index in [4.69, 9.17) is 9.47 Å². The first kappa shape index (κ1) is 16.4. The zero-order chi connectivity index (χ0) is 17.4. The molecule has 2 aliphatic heterocycles. The molecule has 25 heavy (non-hydrogen) atoms. The number of rotatable bonds is 3. The predicted molar refractivity (Wildman–Crippen MR) is 94.6 cm³/mol. The van der Waals surface area contributed by atoms with Crippen LogP contribution in [0.1, 0.15) is 28.4 Å². The van der Waals surface area contributed by atoms with Crippen LogP contribution in [0.5, 0.6) is 0 Å². The summed E-state index contributed by atoms with van der Waals surface area (Å²) < 4.78 is 13.9. The van der Waals surface area contributed by atoms with Crippen LogP contribution in [0.25, 0.3) is 0 Å². The summed E-state index contributed by atoms with van der Waals surface area (Å²) in [5.41, 5.74) is 1.58. The topological polar surface area (TPSA) is 43.7 Å². The molecule has 4 rings (SSSR count). The Bertz CT molecular complexity index is 757. The van der Waals surface area contributed by atoms with Gasteiger partial charge in [0.1, 0.15) is 17.4 Å². The number of ether oxygens (including phenoxy) is 2. The molecular weight excluding hydrogens is 316 g/mol. The molecule has 0 saturated carbocycles. The lowest BCUT2D eigenvalue weighted by molar-refractivity contribution is -0.0755. The molecule has 1 aromatic carbocycles. The van der Waals surface area contributed by atoms with Crippen molar-refractivity contribution in [2.45, 2.75) is 24.0 Å². The molecule has 2 fully saturated rings. The van der Waals surface area contributed by atoms with Crippen molar-refractivity contribution in [1.82, 2.24) is 9.47 Å². The van der Waals surface area contributed by atoms with E-state index in [-0.39, 0.29) is 12.0 Å². The highest BCUT2D eigenvalue weighted by Crippen LogP contribution is 2.43. The Balaban J connectivity index is 1.54. The molecule has 132 valence electrons. The van der Waals surface area contributed by atoms with E-state index in [1.54, 1.807) is 7.11 Å². The standard InChI is InChI=1S/C20H24N2O3/c1-21-10-6-9-17(21)19(23)22-12-18(24-2)20(14-22)11-16(13-25-20)15-7-4-3-5-8-15/h3-10,16,18H,11-14H2,1-2H3/t16-,18-,20-/m1/s1. The number of hydrogen-bond acceptors (Lipinski definition) is 3. The maximum atomic E-state index is 12.9. The summed E-state index contributed by atoms with van der Waals surface area (Å²) in [6.07, 6.45) is 2.68. The molecular formula is C20H24N2O3. The van der Waals surface area contributed by atoms with Crippen LogP contribution >= 0.6 is 0 Å². The van der Waals surface area contributed by atoms with Crippen LogP contribution in [-0.4, -0.2) is 53.9 Å². The predicted octanol–water partition coefficient (Wildman–Crippen LogP) is 2.44. The number of nitrogens with zero attached hydrogens (tertiary/aromatic N) is 2. The normalized spacial score (nSPS) is 28.8. The molecule has 1 spiro atoms. The summed E-state index contributed by atoms with van der Waals surface area (Å²) in [6, 6.07) is 14.2. The third-order valence-corrected chi connectivity index (χ3v) is 5.60. The number of amides is 1. The average molecular weight is 340 g/mol. The Labute approximate surface area is 148 Å². The monoisotopic (exact) mass is 340 g/mol. The molecule has 0 bridgehead atoms. The van der Waals surface area contributed by atoms with Gasteiger partial charge in [0.15, 0.2) is 0 Å². The van der Waals surface area contributed by atoms with Crippen molar-refractivity contribution in [3.8, 4) is 0 Å². The van der Waals surface area contributed by atoms with Gasteiger partial charge in [0, 0.05) is 26.3 Å². The number of aromatic nitrogens is 1. The summed E-state index contributed by atoms with van der Waals surface area (Å²) >= 11 is 0. The minimum atomic E-state index is -0.407. The van der Waals surface area contributed by atoms with E-state index in [0.717, 1.165) is 6.42 Å². The molecule has 3 atom stereocenters. The fourth-order valence-electron chi connectivity index (χ4n) is 4.22. The second kappa shape index (κ2) is 6.32. The van der Waals surface area contributed by atoms with Gasteiger partial charge in [-0.2, -0.15) is 0 Å². The first-order valence-electron chi connectivity index (χ1n) is 8.75. The van der Waals surface area contributed by atoms with E-state index in [0.29, 0.717) is 31.3 Å². The van der Waals surface area contributed by atoms with Crippen molar-refractivity contribution in [2.24, 2.45) is 7.05 Å². The van der Waals surface area contributed by atoms with Crippen molar-refractivity contribution in [2.75, 3.05) is 26.8 Å². The van der Waals surface area contributed by atoms with Gasteiger partial charge in [-0.05, 0) is 24.1 Å². The zero-order valence-electron chi connectivity index (χ0n) is 14.7. The smallest absolute Gasteiger partial charge is 0.270 e. The Hall–Kier alpha value is -2.11. The number of carbonyl (C=O) groups excluding carboxylic acids is 1. The maximum Gasteiger partial charge on any atom is 0.270 e. The van der Waals surface area contributed by atoms with E-state index in [9.17, 15) is 4.79 Å². The van der Waals surface area contributed by atoms with E-state index < -0.39 is 5.60 Å². The quantitative estimate of drug-likeness (QED) is 0.862. The minimum absolute atomic E-state index is 0.0400. The number of likely N-dealkylation sites (tertiary alicyclic amines) is 1. The molecule has 5 heteroatoms. The van der Waals surface area contributed by atoms with E-state index >= 15 is 0 Å². The highest BCUT2D eigenvalue weighted by molar-refractivity contribution is 5.93.